The average Bonchev–Trinajstić information content (AvgIpc) is 2.88. The third-order valence-corrected chi connectivity index (χ3v) is 3.64. The number of hydrazine groups is 1. The number of rotatable bonds is 4. The van der Waals surface area contributed by atoms with Crippen molar-refractivity contribution in [3.05, 3.63) is 66.0 Å². The largest absolute Gasteiger partial charge is 0.287 e. The fraction of sp³-hybridized carbons (Fsp3) is 0.118. The maximum absolute atomic E-state index is 13.8. The Morgan fingerprint density at radius 1 is 1.04 bits per heavy atom. The minimum absolute atomic E-state index is 0.0915. The highest BCUT2D eigenvalue weighted by molar-refractivity contribution is 6.22. The number of hydrogen-bond acceptors (Lipinski definition) is 4. The molecule has 1 saturated heterocycles. The SMILES string of the molecule is O=C(NN[C@@H]1CC(=O)N(c2ccccc2F)C1=O)c1ccccc1. The van der Waals surface area contributed by atoms with E-state index in [-0.39, 0.29) is 12.1 Å². The van der Waals surface area contributed by atoms with Gasteiger partial charge in [-0.3, -0.25) is 19.8 Å². The van der Waals surface area contributed by atoms with E-state index in [1.807, 2.05) is 0 Å². The summed E-state index contributed by atoms with van der Waals surface area (Å²) in [6.07, 6.45) is -0.164. The van der Waals surface area contributed by atoms with Crippen molar-refractivity contribution >= 4 is 23.4 Å². The topological polar surface area (TPSA) is 78.5 Å². The Labute approximate surface area is 137 Å². The molecule has 1 heterocycles. The van der Waals surface area contributed by atoms with Gasteiger partial charge in [0.15, 0.2) is 0 Å². The lowest BCUT2D eigenvalue weighted by molar-refractivity contribution is -0.121. The maximum atomic E-state index is 13.8. The van der Waals surface area contributed by atoms with Crippen LogP contribution in [0, 0.1) is 5.82 Å². The zero-order chi connectivity index (χ0) is 17.1. The number of nitrogens with one attached hydrogen (secondary N) is 2. The second-order valence-corrected chi connectivity index (χ2v) is 5.24. The van der Waals surface area contributed by atoms with Crippen molar-refractivity contribution in [3.63, 3.8) is 0 Å². The number of carbonyl (C=O) groups is 3. The summed E-state index contributed by atoms with van der Waals surface area (Å²) in [5.74, 6) is -2.23. The van der Waals surface area contributed by atoms with Crippen LogP contribution >= 0.6 is 0 Å². The van der Waals surface area contributed by atoms with Gasteiger partial charge in [-0.25, -0.2) is 14.7 Å². The summed E-state index contributed by atoms with van der Waals surface area (Å²) in [6, 6.07) is 13.0. The molecule has 0 bridgehead atoms. The number of imide groups is 1. The number of benzene rings is 2. The van der Waals surface area contributed by atoms with Crippen molar-refractivity contribution in [2.45, 2.75) is 12.5 Å². The number of carbonyl (C=O) groups excluding carboxylic acids is 3. The summed E-state index contributed by atoms with van der Waals surface area (Å²) < 4.78 is 13.8. The third-order valence-electron chi connectivity index (χ3n) is 3.64. The molecule has 1 fully saturated rings. The van der Waals surface area contributed by atoms with E-state index < -0.39 is 29.6 Å². The molecular formula is C17H14FN3O3. The molecule has 6 nitrogen and oxygen atoms in total. The van der Waals surface area contributed by atoms with Crippen LogP contribution in [0.1, 0.15) is 16.8 Å². The van der Waals surface area contributed by atoms with Crippen LogP contribution in [0.2, 0.25) is 0 Å². The number of anilines is 1. The minimum atomic E-state index is -0.940. The monoisotopic (exact) mass is 327 g/mol. The van der Waals surface area contributed by atoms with Gasteiger partial charge in [0.2, 0.25) is 5.91 Å². The van der Waals surface area contributed by atoms with Gasteiger partial charge in [-0.05, 0) is 24.3 Å². The number of para-hydroxylation sites is 1. The minimum Gasteiger partial charge on any atom is -0.287 e. The fourth-order valence-electron chi connectivity index (χ4n) is 2.45. The summed E-state index contributed by atoms with van der Waals surface area (Å²) in [7, 11) is 0. The molecule has 0 aromatic heterocycles. The quantitative estimate of drug-likeness (QED) is 0.657. The fourth-order valence-corrected chi connectivity index (χ4v) is 2.45. The van der Waals surface area contributed by atoms with Crippen molar-refractivity contribution in [3.8, 4) is 0 Å². The molecule has 3 amide bonds. The first-order chi connectivity index (χ1) is 11.6. The van der Waals surface area contributed by atoms with Crippen LogP contribution in [-0.4, -0.2) is 23.8 Å². The lowest BCUT2D eigenvalue weighted by atomic mass is 10.2. The van der Waals surface area contributed by atoms with Crippen molar-refractivity contribution in [2.75, 3.05) is 4.90 Å². The van der Waals surface area contributed by atoms with Gasteiger partial charge in [0.05, 0.1) is 12.1 Å². The van der Waals surface area contributed by atoms with Crippen LogP contribution in [0.4, 0.5) is 10.1 Å². The first-order valence-corrected chi connectivity index (χ1v) is 7.30. The molecule has 1 aliphatic rings. The summed E-state index contributed by atoms with van der Waals surface area (Å²) in [4.78, 5) is 37.1. The average molecular weight is 327 g/mol. The molecule has 24 heavy (non-hydrogen) atoms. The van der Waals surface area contributed by atoms with Crippen LogP contribution in [0.25, 0.3) is 0 Å². The van der Waals surface area contributed by atoms with E-state index in [2.05, 4.69) is 10.9 Å². The zero-order valence-corrected chi connectivity index (χ0v) is 12.5. The molecule has 0 saturated carbocycles. The Balaban J connectivity index is 1.69. The van der Waals surface area contributed by atoms with Gasteiger partial charge in [0.1, 0.15) is 11.9 Å². The van der Waals surface area contributed by atoms with Crippen LogP contribution in [0.5, 0.6) is 0 Å². The number of hydrogen-bond donors (Lipinski definition) is 2. The van der Waals surface area contributed by atoms with E-state index in [9.17, 15) is 18.8 Å². The van der Waals surface area contributed by atoms with Crippen LogP contribution < -0.4 is 15.8 Å². The number of halogens is 1. The molecule has 3 rings (SSSR count). The summed E-state index contributed by atoms with van der Waals surface area (Å²) in [6.45, 7) is 0. The molecule has 2 aromatic rings. The van der Waals surface area contributed by atoms with Crippen LogP contribution in [-0.2, 0) is 9.59 Å². The molecule has 0 radical (unpaired) electrons. The molecule has 1 atom stereocenters. The number of nitrogens with zero attached hydrogens (tertiary/aromatic N) is 1. The molecule has 1 aliphatic heterocycles. The first kappa shape index (κ1) is 15.8. The van der Waals surface area contributed by atoms with Crippen LogP contribution in [0.3, 0.4) is 0 Å². The van der Waals surface area contributed by atoms with E-state index >= 15 is 0 Å². The zero-order valence-electron chi connectivity index (χ0n) is 12.5. The number of amides is 3. The lowest BCUT2D eigenvalue weighted by Crippen LogP contribution is -2.48. The van der Waals surface area contributed by atoms with Crippen molar-refractivity contribution in [1.82, 2.24) is 10.9 Å². The Morgan fingerprint density at radius 2 is 1.71 bits per heavy atom. The third kappa shape index (κ3) is 3.02. The highest BCUT2D eigenvalue weighted by atomic mass is 19.1. The predicted molar refractivity (Wildman–Crippen MR) is 84.3 cm³/mol. The van der Waals surface area contributed by atoms with Crippen molar-refractivity contribution in [1.29, 1.82) is 0 Å². The lowest BCUT2D eigenvalue weighted by Gasteiger charge is -2.16. The van der Waals surface area contributed by atoms with E-state index in [1.54, 1.807) is 30.3 Å². The van der Waals surface area contributed by atoms with E-state index in [4.69, 9.17) is 0 Å². The maximum Gasteiger partial charge on any atom is 0.265 e. The Morgan fingerprint density at radius 3 is 2.42 bits per heavy atom. The molecule has 7 heteroatoms. The Bertz CT molecular complexity index is 795. The molecule has 2 aromatic carbocycles. The second kappa shape index (κ2) is 6.59. The highest BCUT2D eigenvalue weighted by Crippen LogP contribution is 2.25. The molecule has 0 spiro atoms. The molecule has 122 valence electrons. The van der Waals surface area contributed by atoms with Crippen LogP contribution in [0.15, 0.2) is 54.6 Å². The van der Waals surface area contributed by atoms with E-state index in [1.165, 1.54) is 24.3 Å². The Hall–Kier alpha value is -3.06. The molecular weight excluding hydrogens is 313 g/mol. The molecule has 0 aliphatic carbocycles. The smallest absolute Gasteiger partial charge is 0.265 e. The van der Waals surface area contributed by atoms with Gasteiger partial charge in [-0.15, -0.1) is 0 Å². The molecule has 2 N–H and O–H groups in total. The van der Waals surface area contributed by atoms with Crippen molar-refractivity contribution < 1.29 is 18.8 Å². The van der Waals surface area contributed by atoms with Gasteiger partial charge < -0.3 is 0 Å². The van der Waals surface area contributed by atoms with E-state index in [0.29, 0.717) is 5.56 Å². The molecule has 0 unspecified atom stereocenters. The van der Waals surface area contributed by atoms with Gasteiger partial charge in [-0.2, -0.15) is 0 Å². The van der Waals surface area contributed by atoms with Gasteiger partial charge in [0.25, 0.3) is 11.8 Å². The summed E-state index contributed by atoms with van der Waals surface area (Å²) >= 11 is 0. The normalized spacial score (nSPS) is 17.2. The predicted octanol–water partition coefficient (Wildman–Crippen LogP) is 1.39. The highest BCUT2D eigenvalue weighted by Gasteiger charge is 2.40. The van der Waals surface area contributed by atoms with E-state index in [0.717, 1.165) is 4.90 Å². The second-order valence-electron chi connectivity index (χ2n) is 5.24. The van der Waals surface area contributed by atoms with Crippen molar-refractivity contribution in [2.24, 2.45) is 0 Å². The van der Waals surface area contributed by atoms with Gasteiger partial charge in [0, 0.05) is 5.56 Å². The van der Waals surface area contributed by atoms with Gasteiger partial charge >= 0.3 is 0 Å². The summed E-state index contributed by atoms with van der Waals surface area (Å²) in [5.41, 5.74) is 5.26. The standard InChI is InChI=1S/C17H14FN3O3/c18-12-8-4-5-9-14(12)21-15(22)10-13(17(21)24)19-20-16(23)11-6-2-1-3-7-11/h1-9,13,19H,10H2,(H,20,23)/t13-/m1/s1. The van der Waals surface area contributed by atoms with Gasteiger partial charge in [-0.1, -0.05) is 30.3 Å². The Kier molecular flexibility index (Phi) is 4.35. The first-order valence-electron chi connectivity index (χ1n) is 7.30. The summed E-state index contributed by atoms with van der Waals surface area (Å²) in [5, 5.41) is 0.